The highest BCUT2D eigenvalue weighted by Crippen LogP contribution is 2.29. The van der Waals surface area contributed by atoms with Crippen LogP contribution in [0.3, 0.4) is 0 Å². The van der Waals surface area contributed by atoms with Crippen molar-refractivity contribution >= 4 is 11.6 Å². The molecule has 1 aromatic heterocycles. The molecule has 2 aromatic rings. The lowest BCUT2D eigenvalue weighted by Crippen LogP contribution is -2.52. The number of ether oxygens (including phenoxy) is 1. The molecule has 1 aliphatic heterocycles. The van der Waals surface area contributed by atoms with Crippen molar-refractivity contribution in [1.29, 1.82) is 0 Å². The quantitative estimate of drug-likeness (QED) is 0.860. The monoisotopic (exact) mass is 333 g/mol. The van der Waals surface area contributed by atoms with Crippen LogP contribution in [0.2, 0.25) is 5.02 Å². The molecule has 1 aromatic carbocycles. The Balaban J connectivity index is 1.47. The summed E-state index contributed by atoms with van der Waals surface area (Å²) in [5.41, 5.74) is 0.918. The van der Waals surface area contributed by atoms with E-state index in [1.54, 1.807) is 0 Å². The van der Waals surface area contributed by atoms with Gasteiger partial charge in [0, 0.05) is 23.2 Å². The minimum Gasteiger partial charge on any atom is -0.375 e. The van der Waals surface area contributed by atoms with Gasteiger partial charge in [0.1, 0.15) is 0 Å². The average Bonchev–Trinajstić information content (AvgIpc) is 3.04. The summed E-state index contributed by atoms with van der Waals surface area (Å²) < 4.78 is 11.4. The summed E-state index contributed by atoms with van der Waals surface area (Å²) in [6.45, 7) is 2.42. The van der Waals surface area contributed by atoms with E-state index in [0.29, 0.717) is 35.4 Å². The van der Waals surface area contributed by atoms with E-state index in [2.05, 4.69) is 15.0 Å². The second-order valence-electron chi connectivity index (χ2n) is 6.25. The molecular weight excluding hydrogens is 314 g/mol. The van der Waals surface area contributed by atoms with Crippen LogP contribution in [0.25, 0.3) is 11.4 Å². The zero-order chi connectivity index (χ0) is 15.6. The number of halogens is 1. The summed E-state index contributed by atoms with van der Waals surface area (Å²) in [5.74, 6) is 1.28. The second-order valence-corrected chi connectivity index (χ2v) is 6.69. The van der Waals surface area contributed by atoms with E-state index in [1.807, 2.05) is 24.3 Å². The van der Waals surface area contributed by atoms with E-state index in [1.165, 1.54) is 25.7 Å². The molecule has 0 bridgehead atoms. The van der Waals surface area contributed by atoms with E-state index >= 15 is 0 Å². The van der Waals surface area contributed by atoms with Crippen LogP contribution in [-0.2, 0) is 11.3 Å². The normalized spacial score (nSPS) is 25.3. The second kappa shape index (κ2) is 6.59. The van der Waals surface area contributed by atoms with Crippen LogP contribution < -0.4 is 0 Å². The van der Waals surface area contributed by atoms with E-state index in [-0.39, 0.29) is 0 Å². The summed E-state index contributed by atoms with van der Waals surface area (Å²) in [6, 6.07) is 7.97. The maximum Gasteiger partial charge on any atom is 0.241 e. The van der Waals surface area contributed by atoms with Gasteiger partial charge in [-0.05, 0) is 37.1 Å². The molecule has 0 N–H and O–H groups in total. The number of morpholine rings is 1. The predicted octanol–water partition coefficient (Wildman–Crippen LogP) is 3.53. The molecule has 1 saturated heterocycles. The van der Waals surface area contributed by atoms with Crippen molar-refractivity contribution in [1.82, 2.24) is 15.0 Å². The van der Waals surface area contributed by atoms with Gasteiger partial charge in [0.05, 0.1) is 19.3 Å². The largest absolute Gasteiger partial charge is 0.375 e. The average molecular weight is 334 g/mol. The SMILES string of the molecule is Clc1ccc(-c2noc(CN3CCOC4CCCCC43)n2)cc1. The lowest BCUT2D eigenvalue weighted by atomic mass is 9.90. The van der Waals surface area contributed by atoms with Crippen LogP contribution >= 0.6 is 11.6 Å². The minimum atomic E-state index is 0.371. The molecule has 23 heavy (non-hydrogen) atoms. The Morgan fingerprint density at radius 1 is 1.17 bits per heavy atom. The molecule has 0 radical (unpaired) electrons. The first-order chi connectivity index (χ1) is 11.3. The van der Waals surface area contributed by atoms with Gasteiger partial charge in [-0.3, -0.25) is 4.90 Å². The van der Waals surface area contributed by atoms with Crippen molar-refractivity contribution in [3.63, 3.8) is 0 Å². The summed E-state index contributed by atoms with van der Waals surface area (Å²) >= 11 is 5.92. The number of aromatic nitrogens is 2. The number of hydrogen-bond acceptors (Lipinski definition) is 5. The Morgan fingerprint density at radius 2 is 2.00 bits per heavy atom. The fourth-order valence-corrected chi connectivity index (χ4v) is 3.71. The molecule has 6 heteroatoms. The van der Waals surface area contributed by atoms with Gasteiger partial charge in [-0.25, -0.2) is 0 Å². The van der Waals surface area contributed by atoms with Crippen LogP contribution in [0.15, 0.2) is 28.8 Å². The Bertz CT molecular complexity index is 656. The van der Waals surface area contributed by atoms with Crippen molar-refractivity contribution in [3.05, 3.63) is 35.2 Å². The third-order valence-corrected chi connectivity index (χ3v) is 5.01. The topological polar surface area (TPSA) is 51.4 Å². The van der Waals surface area contributed by atoms with Crippen LogP contribution in [0.5, 0.6) is 0 Å². The van der Waals surface area contributed by atoms with Crippen molar-refractivity contribution in [2.45, 2.75) is 44.4 Å². The van der Waals surface area contributed by atoms with Gasteiger partial charge in [0.15, 0.2) is 0 Å². The molecular formula is C17H20ClN3O2. The first-order valence-corrected chi connectivity index (χ1v) is 8.61. The zero-order valence-electron chi connectivity index (χ0n) is 12.9. The Morgan fingerprint density at radius 3 is 2.87 bits per heavy atom. The van der Waals surface area contributed by atoms with Gasteiger partial charge >= 0.3 is 0 Å². The highest BCUT2D eigenvalue weighted by molar-refractivity contribution is 6.30. The maximum atomic E-state index is 5.92. The van der Waals surface area contributed by atoms with Crippen LogP contribution in [0, 0.1) is 0 Å². The highest BCUT2D eigenvalue weighted by atomic mass is 35.5. The summed E-state index contributed by atoms with van der Waals surface area (Å²) in [6.07, 6.45) is 5.29. The predicted molar refractivity (Wildman–Crippen MR) is 87.2 cm³/mol. The molecule has 4 rings (SSSR count). The minimum absolute atomic E-state index is 0.371. The molecule has 0 spiro atoms. The van der Waals surface area contributed by atoms with E-state index < -0.39 is 0 Å². The molecule has 2 atom stereocenters. The van der Waals surface area contributed by atoms with Gasteiger partial charge in [-0.15, -0.1) is 0 Å². The standard InChI is InChI=1S/C17H20ClN3O2/c18-13-7-5-12(6-8-13)17-19-16(23-20-17)11-21-9-10-22-15-4-2-1-3-14(15)21/h5-8,14-15H,1-4,9-11H2. The maximum absolute atomic E-state index is 5.92. The molecule has 1 aliphatic carbocycles. The summed E-state index contributed by atoms with van der Waals surface area (Å²) in [7, 11) is 0. The molecule has 2 fully saturated rings. The first-order valence-electron chi connectivity index (χ1n) is 8.24. The van der Waals surface area contributed by atoms with Gasteiger partial charge in [-0.1, -0.05) is 29.6 Å². The Kier molecular flexibility index (Phi) is 4.33. The highest BCUT2D eigenvalue weighted by Gasteiger charge is 2.34. The lowest BCUT2D eigenvalue weighted by molar-refractivity contribution is -0.0933. The van der Waals surface area contributed by atoms with Gasteiger partial charge < -0.3 is 9.26 Å². The number of nitrogens with zero attached hydrogens (tertiary/aromatic N) is 3. The van der Waals surface area contributed by atoms with Crippen LogP contribution in [0.4, 0.5) is 0 Å². The van der Waals surface area contributed by atoms with Gasteiger partial charge in [-0.2, -0.15) is 4.98 Å². The van der Waals surface area contributed by atoms with E-state index in [4.69, 9.17) is 20.9 Å². The molecule has 2 unspecified atom stereocenters. The molecule has 1 saturated carbocycles. The molecule has 5 nitrogen and oxygen atoms in total. The number of hydrogen-bond donors (Lipinski definition) is 0. The summed E-state index contributed by atoms with van der Waals surface area (Å²) in [4.78, 5) is 6.98. The van der Waals surface area contributed by atoms with Crippen molar-refractivity contribution in [2.24, 2.45) is 0 Å². The van der Waals surface area contributed by atoms with Crippen LogP contribution in [0.1, 0.15) is 31.6 Å². The third-order valence-electron chi connectivity index (χ3n) is 4.76. The zero-order valence-corrected chi connectivity index (χ0v) is 13.7. The molecule has 2 aliphatic rings. The summed E-state index contributed by atoms with van der Waals surface area (Å²) in [5, 5.41) is 4.80. The van der Waals surface area contributed by atoms with E-state index in [0.717, 1.165) is 18.7 Å². The third kappa shape index (κ3) is 3.27. The number of rotatable bonds is 3. The Labute approximate surface area is 140 Å². The first kappa shape index (κ1) is 15.1. The molecule has 122 valence electrons. The van der Waals surface area contributed by atoms with Crippen molar-refractivity contribution in [3.8, 4) is 11.4 Å². The van der Waals surface area contributed by atoms with Gasteiger partial charge in [0.25, 0.3) is 0 Å². The Hall–Kier alpha value is -1.43. The number of benzene rings is 1. The lowest BCUT2D eigenvalue weighted by Gasteiger charge is -2.43. The number of fused-ring (bicyclic) bond motifs is 1. The fraction of sp³-hybridized carbons (Fsp3) is 0.529. The van der Waals surface area contributed by atoms with E-state index in [9.17, 15) is 0 Å². The fourth-order valence-electron chi connectivity index (χ4n) is 3.58. The molecule has 0 amide bonds. The smallest absolute Gasteiger partial charge is 0.241 e. The van der Waals surface area contributed by atoms with Crippen molar-refractivity contribution < 1.29 is 9.26 Å². The van der Waals surface area contributed by atoms with Crippen LogP contribution in [-0.4, -0.2) is 40.3 Å². The van der Waals surface area contributed by atoms with Crippen molar-refractivity contribution in [2.75, 3.05) is 13.2 Å². The molecule has 2 heterocycles. The van der Waals surface area contributed by atoms with Gasteiger partial charge in [0.2, 0.25) is 11.7 Å².